The maximum absolute atomic E-state index is 12.5. The summed E-state index contributed by atoms with van der Waals surface area (Å²) in [6.45, 7) is 4.45. The molecule has 0 atom stereocenters. The molecule has 3 nitrogen and oxygen atoms in total. The number of nitrogens with zero attached hydrogens (tertiary/aromatic N) is 1. The van der Waals surface area contributed by atoms with Crippen molar-refractivity contribution in [1.29, 1.82) is 5.26 Å². The molecule has 0 aromatic heterocycles. The quantitative estimate of drug-likeness (QED) is 0.345. The Kier molecular flexibility index (Phi) is 8.96. The summed E-state index contributed by atoms with van der Waals surface area (Å²) in [5, 5.41) is 9.64. The van der Waals surface area contributed by atoms with Crippen LogP contribution in [0.5, 0.6) is 0 Å². The molecule has 0 aliphatic heterocycles. The molecule has 0 N–H and O–H groups in total. The fraction of sp³-hybridized carbons (Fsp3) is 0.913. The van der Waals surface area contributed by atoms with E-state index in [1.807, 2.05) is 0 Å². The summed E-state index contributed by atoms with van der Waals surface area (Å²) >= 11 is 0. The smallest absolute Gasteiger partial charge is 0.309 e. The molecule has 0 aromatic carbocycles. The molecule has 0 radical (unpaired) electrons. The fourth-order valence-corrected chi connectivity index (χ4v) is 4.83. The lowest BCUT2D eigenvalue weighted by Crippen LogP contribution is -2.33. The minimum absolute atomic E-state index is 0.0411. The molecule has 0 heterocycles. The van der Waals surface area contributed by atoms with Crippen LogP contribution in [0.3, 0.4) is 0 Å². The van der Waals surface area contributed by atoms with Crippen LogP contribution in [0.2, 0.25) is 0 Å². The van der Waals surface area contributed by atoms with E-state index in [1.165, 1.54) is 44.9 Å². The molecule has 0 aromatic rings. The zero-order valence-electron chi connectivity index (χ0n) is 17.1. The maximum Gasteiger partial charge on any atom is 0.309 e. The maximum atomic E-state index is 12.5. The lowest BCUT2D eigenvalue weighted by molar-refractivity contribution is -0.158. The Morgan fingerprint density at radius 2 is 1.65 bits per heavy atom. The van der Waals surface area contributed by atoms with Crippen LogP contribution in [-0.4, -0.2) is 12.1 Å². The van der Waals surface area contributed by atoms with E-state index in [1.54, 1.807) is 0 Å². The molecule has 2 rings (SSSR count). The molecular weight excluding hydrogens is 322 g/mol. The number of hydrogen-bond donors (Lipinski definition) is 0. The molecule has 2 aliphatic carbocycles. The Bertz CT molecular complexity index is 451. The van der Waals surface area contributed by atoms with Gasteiger partial charge in [-0.2, -0.15) is 5.26 Å². The van der Waals surface area contributed by atoms with E-state index in [0.717, 1.165) is 57.3 Å². The van der Waals surface area contributed by atoms with E-state index in [9.17, 15) is 10.1 Å². The van der Waals surface area contributed by atoms with Gasteiger partial charge in [-0.25, -0.2) is 0 Å². The fourth-order valence-electron chi connectivity index (χ4n) is 4.83. The summed E-state index contributed by atoms with van der Waals surface area (Å²) < 4.78 is 5.86. The number of carbonyl (C=O) groups is 1. The molecule has 2 fully saturated rings. The first-order valence-electron chi connectivity index (χ1n) is 11.2. The lowest BCUT2D eigenvalue weighted by atomic mass is 9.71. The molecule has 26 heavy (non-hydrogen) atoms. The van der Waals surface area contributed by atoms with Gasteiger partial charge in [0.25, 0.3) is 0 Å². The van der Waals surface area contributed by atoms with E-state index in [2.05, 4.69) is 19.9 Å². The molecule has 0 unspecified atom stereocenters. The largest absolute Gasteiger partial charge is 0.462 e. The second-order valence-corrected chi connectivity index (χ2v) is 8.85. The first kappa shape index (κ1) is 21.3. The summed E-state index contributed by atoms with van der Waals surface area (Å²) in [6, 6.07) is 2.59. The van der Waals surface area contributed by atoms with Crippen molar-refractivity contribution in [3.8, 4) is 6.07 Å². The van der Waals surface area contributed by atoms with Crippen LogP contribution in [0, 0.1) is 28.6 Å². The molecule has 148 valence electrons. The number of hydrogen-bond acceptors (Lipinski definition) is 3. The topological polar surface area (TPSA) is 50.1 Å². The Labute approximate surface area is 160 Å². The van der Waals surface area contributed by atoms with Gasteiger partial charge in [-0.3, -0.25) is 4.79 Å². The van der Waals surface area contributed by atoms with Crippen LogP contribution in [-0.2, 0) is 9.53 Å². The number of nitriles is 1. The van der Waals surface area contributed by atoms with E-state index < -0.39 is 0 Å². The summed E-state index contributed by atoms with van der Waals surface area (Å²) in [7, 11) is 0. The Morgan fingerprint density at radius 1 is 1.00 bits per heavy atom. The number of carbonyl (C=O) groups excluding carboxylic acids is 1. The van der Waals surface area contributed by atoms with E-state index in [4.69, 9.17) is 4.74 Å². The van der Waals surface area contributed by atoms with Gasteiger partial charge in [-0.1, -0.05) is 52.4 Å². The van der Waals surface area contributed by atoms with Crippen molar-refractivity contribution in [3.05, 3.63) is 0 Å². The van der Waals surface area contributed by atoms with Crippen molar-refractivity contribution < 1.29 is 9.53 Å². The van der Waals surface area contributed by atoms with E-state index in [-0.39, 0.29) is 23.4 Å². The van der Waals surface area contributed by atoms with Crippen molar-refractivity contribution in [1.82, 2.24) is 0 Å². The van der Waals surface area contributed by atoms with E-state index in [0.29, 0.717) is 0 Å². The van der Waals surface area contributed by atoms with Gasteiger partial charge in [0.05, 0.1) is 17.4 Å². The standard InChI is InChI=1S/C23H39NO2/c1-3-5-7-15-23(18-24)16-13-21(14-17-23)26-22(25)20-11-9-19(10-12-20)8-6-4-2/h19-21H,3-17H2,1-2H3/t19-,20-,21-,23-. The normalized spacial score (nSPS) is 32.0. The van der Waals surface area contributed by atoms with Gasteiger partial charge in [0.15, 0.2) is 0 Å². The van der Waals surface area contributed by atoms with Gasteiger partial charge in [0.2, 0.25) is 0 Å². The molecule has 0 saturated heterocycles. The van der Waals surface area contributed by atoms with Crippen LogP contribution < -0.4 is 0 Å². The van der Waals surface area contributed by atoms with Crippen LogP contribution >= 0.6 is 0 Å². The number of unbranched alkanes of at least 4 members (excludes halogenated alkanes) is 3. The van der Waals surface area contributed by atoms with E-state index >= 15 is 0 Å². The third-order valence-electron chi connectivity index (χ3n) is 6.81. The summed E-state index contributed by atoms with van der Waals surface area (Å²) in [4.78, 5) is 12.5. The zero-order valence-corrected chi connectivity index (χ0v) is 17.1. The van der Waals surface area contributed by atoms with Gasteiger partial charge in [-0.15, -0.1) is 0 Å². The van der Waals surface area contributed by atoms with Crippen LogP contribution in [0.15, 0.2) is 0 Å². The number of esters is 1. The molecular formula is C23H39NO2. The number of rotatable bonds is 9. The average Bonchev–Trinajstić information content (AvgIpc) is 2.68. The number of ether oxygens (including phenoxy) is 1. The highest BCUT2D eigenvalue weighted by Gasteiger charge is 2.37. The monoisotopic (exact) mass is 361 g/mol. The van der Waals surface area contributed by atoms with Gasteiger partial charge in [-0.05, 0) is 63.7 Å². The highest BCUT2D eigenvalue weighted by atomic mass is 16.5. The molecule has 0 bridgehead atoms. The third kappa shape index (κ3) is 6.29. The van der Waals surface area contributed by atoms with Gasteiger partial charge >= 0.3 is 5.97 Å². The van der Waals surface area contributed by atoms with Crippen molar-refractivity contribution in [2.24, 2.45) is 17.3 Å². The Hall–Kier alpha value is -1.04. The predicted molar refractivity (Wildman–Crippen MR) is 106 cm³/mol. The third-order valence-corrected chi connectivity index (χ3v) is 6.81. The van der Waals surface area contributed by atoms with Crippen molar-refractivity contribution in [2.45, 2.75) is 116 Å². The van der Waals surface area contributed by atoms with Gasteiger partial charge < -0.3 is 4.74 Å². The molecule has 0 spiro atoms. The highest BCUT2D eigenvalue weighted by molar-refractivity contribution is 5.72. The van der Waals surface area contributed by atoms with Crippen LogP contribution in [0.25, 0.3) is 0 Å². The first-order chi connectivity index (χ1) is 12.6. The average molecular weight is 362 g/mol. The zero-order chi connectivity index (χ0) is 18.8. The SMILES string of the molecule is CCCCC[C@]1(C#N)CC[C@H](OC(=O)[C@H]2CC[C@H](CCCC)CC2)CC1. The molecule has 2 aliphatic rings. The second-order valence-electron chi connectivity index (χ2n) is 8.85. The molecule has 0 amide bonds. The van der Waals surface area contributed by atoms with Crippen LogP contribution in [0.4, 0.5) is 0 Å². The van der Waals surface area contributed by atoms with Crippen LogP contribution in [0.1, 0.15) is 110 Å². The molecule has 3 heteroatoms. The minimum atomic E-state index is -0.157. The summed E-state index contributed by atoms with van der Waals surface area (Å²) in [5.74, 6) is 0.993. The van der Waals surface area contributed by atoms with Gasteiger partial charge in [0.1, 0.15) is 6.10 Å². The van der Waals surface area contributed by atoms with Gasteiger partial charge in [0, 0.05) is 0 Å². The summed E-state index contributed by atoms with van der Waals surface area (Å²) in [6.07, 6.45) is 16.5. The highest BCUT2D eigenvalue weighted by Crippen LogP contribution is 2.41. The van der Waals surface area contributed by atoms with Crippen molar-refractivity contribution in [2.75, 3.05) is 0 Å². The Balaban J connectivity index is 1.70. The predicted octanol–water partition coefficient (Wildman–Crippen LogP) is 6.56. The van der Waals surface area contributed by atoms with Crippen molar-refractivity contribution >= 4 is 5.97 Å². The minimum Gasteiger partial charge on any atom is -0.462 e. The first-order valence-corrected chi connectivity index (χ1v) is 11.2. The summed E-state index contributed by atoms with van der Waals surface area (Å²) in [5.41, 5.74) is -0.157. The second kappa shape index (κ2) is 11.0. The molecule has 2 saturated carbocycles. The lowest BCUT2D eigenvalue weighted by Gasteiger charge is -2.35. The van der Waals surface area contributed by atoms with Crippen molar-refractivity contribution in [3.63, 3.8) is 0 Å². The Morgan fingerprint density at radius 3 is 2.23 bits per heavy atom.